The molecule has 8 nitrogen and oxygen atoms in total. The van der Waals surface area contributed by atoms with E-state index in [9.17, 15) is 14.4 Å². The van der Waals surface area contributed by atoms with Crippen molar-refractivity contribution in [1.29, 1.82) is 0 Å². The number of nitrogens with two attached hydrogens (primary N) is 1. The molecule has 0 aliphatic carbocycles. The number of ether oxygens (including phenoxy) is 1. The Labute approximate surface area is 206 Å². The number of rotatable bonds is 8. The Balaban J connectivity index is 1.67. The van der Waals surface area contributed by atoms with Gasteiger partial charge in [0.15, 0.2) is 0 Å². The summed E-state index contributed by atoms with van der Waals surface area (Å²) in [4.78, 5) is 40.4. The predicted molar refractivity (Wildman–Crippen MR) is 139 cm³/mol. The van der Waals surface area contributed by atoms with Crippen LogP contribution in [0.25, 0.3) is 21.7 Å². The van der Waals surface area contributed by atoms with Gasteiger partial charge >= 0.3 is 0 Å². The van der Waals surface area contributed by atoms with Crippen molar-refractivity contribution in [3.63, 3.8) is 0 Å². The second-order valence-electron chi connectivity index (χ2n) is 8.38. The molecule has 2 amide bonds. The van der Waals surface area contributed by atoms with Crippen LogP contribution in [0, 0.1) is 0 Å². The van der Waals surface area contributed by atoms with Gasteiger partial charge in [0, 0.05) is 27.2 Å². The maximum absolute atomic E-state index is 13.2. The van der Waals surface area contributed by atoms with Gasteiger partial charge in [0.05, 0.1) is 23.8 Å². The number of hydrogen-bond donors (Lipinski definition) is 4. The number of aromatic nitrogens is 1. The average molecular weight is 493 g/mol. The third-order valence-corrected chi connectivity index (χ3v) is 5.74. The summed E-state index contributed by atoms with van der Waals surface area (Å²) in [5.41, 5.74) is 6.91. The summed E-state index contributed by atoms with van der Waals surface area (Å²) >= 11 is 5.97. The highest BCUT2D eigenvalue weighted by molar-refractivity contribution is 6.30. The van der Waals surface area contributed by atoms with Crippen LogP contribution in [-0.4, -0.2) is 35.6 Å². The second kappa shape index (κ2) is 10.2. The van der Waals surface area contributed by atoms with E-state index in [2.05, 4.69) is 15.6 Å². The van der Waals surface area contributed by atoms with Gasteiger partial charge in [-0.15, -0.1) is 0 Å². The first-order chi connectivity index (χ1) is 16.7. The molecule has 35 heavy (non-hydrogen) atoms. The average Bonchev–Trinajstić information content (AvgIpc) is 2.82. The number of amides is 2. The second-order valence-corrected chi connectivity index (χ2v) is 8.82. The molecule has 0 aliphatic rings. The number of H-pyrrole nitrogens is 1. The largest absolute Gasteiger partial charge is 0.376 e. The lowest BCUT2D eigenvalue weighted by Crippen LogP contribution is -2.39. The Hall–Kier alpha value is -3.88. The molecule has 0 saturated heterocycles. The zero-order chi connectivity index (χ0) is 25.1. The number of halogens is 1. The van der Waals surface area contributed by atoms with Crippen molar-refractivity contribution in [2.45, 2.75) is 26.0 Å². The molecule has 0 aliphatic heterocycles. The van der Waals surface area contributed by atoms with Crippen molar-refractivity contribution in [2.75, 3.05) is 17.2 Å². The summed E-state index contributed by atoms with van der Waals surface area (Å²) in [5.74, 6) is -0.955. The number of hydrogen-bond acceptors (Lipinski definition) is 5. The summed E-state index contributed by atoms with van der Waals surface area (Å²) in [6, 6.07) is 16.4. The highest BCUT2D eigenvalue weighted by Crippen LogP contribution is 2.26. The van der Waals surface area contributed by atoms with E-state index in [4.69, 9.17) is 22.1 Å². The predicted octanol–water partition coefficient (Wildman–Crippen LogP) is 4.28. The molecule has 5 N–H and O–H groups in total. The third-order valence-electron chi connectivity index (χ3n) is 5.49. The first kappa shape index (κ1) is 24.3. The van der Waals surface area contributed by atoms with E-state index in [0.717, 1.165) is 5.69 Å². The van der Waals surface area contributed by atoms with E-state index >= 15 is 0 Å². The Bertz CT molecular complexity index is 1460. The van der Waals surface area contributed by atoms with Crippen LogP contribution < -0.4 is 21.9 Å². The number of para-hydroxylation sites is 1. The topological polar surface area (TPSA) is 126 Å². The molecule has 0 spiro atoms. The zero-order valence-electron chi connectivity index (χ0n) is 19.2. The van der Waals surface area contributed by atoms with E-state index in [-0.39, 0.29) is 29.7 Å². The van der Waals surface area contributed by atoms with Crippen LogP contribution in [0.1, 0.15) is 24.2 Å². The third kappa shape index (κ3) is 5.45. The summed E-state index contributed by atoms with van der Waals surface area (Å²) in [5, 5.41) is 8.33. The normalized spacial score (nSPS) is 12.1. The standard InChI is InChI=1S/C26H25ClN4O4/c1-14(2)35-13-22(29-16-8-6-15(27)7-9-16)26(34)30-17-10-11-19-21(12-17)18-4-3-5-20(24(28)32)23(18)31-25(19)33/h3-12,14,22,29H,13H2,1-2H3,(H2,28,32)(H,30,34)(H,31,33). The first-order valence-corrected chi connectivity index (χ1v) is 11.4. The van der Waals surface area contributed by atoms with Gasteiger partial charge in [-0.2, -0.15) is 0 Å². The molecule has 0 bridgehead atoms. The van der Waals surface area contributed by atoms with Crippen molar-refractivity contribution in [2.24, 2.45) is 5.73 Å². The number of aromatic amines is 1. The van der Waals surface area contributed by atoms with E-state index < -0.39 is 11.9 Å². The molecule has 1 aromatic heterocycles. The summed E-state index contributed by atoms with van der Waals surface area (Å²) in [6.07, 6.45) is -0.0597. The Morgan fingerprint density at radius 1 is 1.00 bits per heavy atom. The van der Waals surface area contributed by atoms with E-state index in [0.29, 0.717) is 32.4 Å². The SMILES string of the molecule is CC(C)OCC(Nc1ccc(Cl)cc1)C(=O)Nc1ccc2c(=O)[nH]c3c(C(N)=O)cccc3c2c1. The van der Waals surface area contributed by atoms with Gasteiger partial charge in [-0.1, -0.05) is 23.7 Å². The molecule has 1 heterocycles. The number of carbonyl (C=O) groups is 2. The van der Waals surface area contributed by atoms with Crippen molar-refractivity contribution < 1.29 is 14.3 Å². The van der Waals surface area contributed by atoms with Crippen molar-refractivity contribution >= 4 is 56.5 Å². The maximum atomic E-state index is 13.2. The first-order valence-electron chi connectivity index (χ1n) is 11.1. The number of nitrogens with one attached hydrogen (secondary N) is 3. The zero-order valence-corrected chi connectivity index (χ0v) is 20.0. The van der Waals surface area contributed by atoms with E-state index in [1.54, 1.807) is 60.7 Å². The molecule has 180 valence electrons. The summed E-state index contributed by atoms with van der Waals surface area (Å²) < 4.78 is 5.70. The smallest absolute Gasteiger partial charge is 0.256 e. The fourth-order valence-corrected chi connectivity index (χ4v) is 3.91. The minimum absolute atomic E-state index is 0.0597. The molecule has 4 aromatic rings. The van der Waals surface area contributed by atoms with Gasteiger partial charge in [0.1, 0.15) is 6.04 Å². The fourth-order valence-electron chi connectivity index (χ4n) is 3.79. The van der Waals surface area contributed by atoms with Crippen molar-refractivity contribution in [1.82, 2.24) is 4.98 Å². The van der Waals surface area contributed by atoms with Gasteiger partial charge in [0.2, 0.25) is 5.91 Å². The number of pyridine rings is 1. The summed E-state index contributed by atoms with van der Waals surface area (Å²) in [6.45, 7) is 3.93. The van der Waals surface area contributed by atoms with Crippen molar-refractivity contribution in [3.8, 4) is 0 Å². The molecule has 1 atom stereocenters. The lowest BCUT2D eigenvalue weighted by molar-refractivity contribution is -0.118. The lowest BCUT2D eigenvalue weighted by atomic mass is 10.0. The van der Waals surface area contributed by atoms with Crippen LogP contribution in [0.2, 0.25) is 5.02 Å². The van der Waals surface area contributed by atoms with Gasteiger partial charge < -0.3 is 26.1 Å². The fraction of sp³-hybridized carbons (Fsp3) is 0.192. The molecule has 1 unspecified atom stereocenters. The van der Waals surface area contributed by atoms with E-state index in [1.165, 1.54) is 0 Å². The van der Waals surface area contributed by atoms with Crippen molar-refractivity contribution in [3.05, 3.63) is 81.6 Å². The lowest BCUT2D eigenvalue weighted by Gasteiger charge is -2.21. The van der Waals surface area contributed by atoms with Crippen LogP contribution in [0.3, 0.4) is 0 Å². The molecule has 0 fully saturated rings. The molecule has 3 aromatic carbocycles. The van der Waals surface area contributed by atoms with E-state index in [1.807, 2.05) is 13.8 Å². The molecular weight excluding hydrogens is 468 g/mol. The molecular formula is C26H25ClN4O4. The Morgan fingerprint density at radius 3 is 2.40 bits per heavy atom. The number of fused-ring (bicyclic) bond motifs is 3. The molecule has 0 radical (unpaired) electrons. The van der Waals surface area contributed by atoms with Crippen LogP contribution in [-0.2, 0) is 9.53 Å². The monoisotopic (exact) mass is 492 g/mol. The molecule has 9 heteroatoms. The van der Waals surface area contributed by atoms with Crippen LogP contribution in [0.15, 0.2) is 65.5 Å². The minimum Gasteiger partial charge on any atom is -0.376 e. The van der Waals surface area contributed by atoms with Gasteiger partial charge in [-0.25, -0.2) is 0 Å². The quantitative estimate of drug-likeness (QED) is 0.273. The summed E-state index contributed by atoms with van der Waals surface area (Å²) in [7, 11) is 0. The number of primary amides is 1. The Kier molecular flexibility index (Phi) is 7.04. The highest BCUT2D eigenvalue weighted by Gasteiger charge is 2.20. The van der Waals surface area contributed by atoms with Crippen LogP contribution >= 0.6 is 11.6 Å². The minimum atomic E-state index is -0.688. The van der Waals surface area contributed by atoms with Crippen LogP contribution in [0.4, 0.5) is 11.4 Å². The molecule has 0 saturated carbocycles. The number of anilines is 2. The highest BCUT2D eigenvalue weighted by atomic mass is 35.5. The number of benzene rings is 3. The van der Waals surface area contributed by atoms with Crippen LogP contribution in [0.5, 0.6) is 0 Å². The molecule has 4 rings (SSSR count). The van der Waals surface area contributed by atoms with Gasteiger partial charge in [-0.05, 0) is 67.8 Å². The van der Waals surface area contributed by atoms with Gasteiger partial charge in [-0.3, -0.25) is 14.4 Å². The Morgan fingerprint density at radius 2 is 1.71 bits per heavy atom. The maximum Gasteiger partial charge on any atom is 0.256 e. The van der Waals surface area contributed by atoms with Gasteiger partial charge in [0.25, 0.3) is 11.5 Å². The number of carbonyl (C=O) groups excluding carboxylic acids is 2.